The Morgan fingerprint density at radius 1 is 0.963 bits per heavy atom. The van der Waals surface area contributed by atoms with Crippen molar-refractivity contribution in [3.05, 3.63) is 83.6 Å². The van der Waals surface area contributed by atoms with Gasteiger partial charge in [-0.15, -0.1) is 0 Å². The van der Waals surface area contributed by atoms with Crippen LogP contribution in [-0.4, -0.2) is 22.4 Å². The molecule has 0 unspecified atom stereocenters. The lowest BCUT2D eigenvalue weighted by Gasteiger charge is -2.09. The lowest BCUT2D eigenvalue weighted by molar-refractivity contribution is 0.0949. The maximum Gasteiger partial charge on any atom is 0.270 e. The summed E-state index contributed by atoms with van der Waals surface area (Å²) in [6.45, 7) is 0.410. The fourth-order valence-electron chi connectivity index (χ4n) is 2.37. The van der Waals surface area contributed by atoms with E-state index in [2.05, 4.69) is 20.6 Å². The van der Waals surface area contributed by atoms with Crippen molar-refractivity contribution in [1.29, 1.82) is 0 Å². The van der Waals surface area contributed by atoms with Gasteiger partial charge in [-0.3, -0.25) is 4.79 Å². The molecule has 8 heteroatoms. The number of hydrogen-bond acceptors (Lipinski definition) is 4. The van der Waals surface area contributed by atoms with Crippen LogP contribution in [0.5, 0.6) is 0 Å². The first-order valence-electron chi connectivity index (χ1n) is 8.09. The highest BCUT2D eigenvalue weighted by molar-refractivity contribution is 5.92. The second-order valence-corrected chi connectivity index (χ2v) is 5.63. The first kappa shape index (κ1) is 18.4. The van der Waals surface area contributed by atoms with Gasteiger partial charge in [0.2, 0.25) is 0 Å². The summed E-state index contributed by atoms with van der Waals surface area (Å²) in [7, 11) is 0. The molecule has 1 amide bonds. The third kappa shape index (κ3) is 4.60. The molecule has 0 saturated carbocycles. The number of nitrogens with one attached hydrogen (secondary N) is 2. The lowest BCUT2D eigenvalue weighted by atomic mass is 10.1. The lowest BCUT2D eigenvalue weighted by Crippen LogP contribution is -2.26. The highest BCUT2D eigenvalue weighted by atomic mass is 19.2. The molecule has 0 radical (unpaired) electrons. The van der Waals surface area contributed by atoms with E-state index in [1.165, 1.54) is 6.07 Å². The molecule has 0 spiro atoms. The molecule has 0 aliphatic carbocycles. The predicted octanol–water partition coefficient (Wildman–Crippen LogP) is 3.61. The molecule has 0 aliphatic rings. The van der Waals surface area contributed by atoms with Crippen molar-refractivity contribution in [3.63, 3.8) is 0 Å². The van der Waals surface area contributed by atoms with Crippen LogP contribution in [0.4, 0.5) is 24.7 Å². The quantitative estimate of drug-likeness (QED) is 0.649. The number of anilines is 2. The van der Waals surface area contributed by atoms with Crippen molar-refractivity contribution in [2.24, 2.45) is 0 Å². The first-order chi connectivity index (χ1) is 13.0. The Hall–Kier alpha value is -3.42. The molecule has 0 saturated heterocycles. The second-order valence-electron chi connectivity index (χ2n) is 5.63. The number of carbonyl (C=O) groups excluding carboxylic acids is 1. The minimum atomic E-state index is -1.59. The molecular weight excluding hydrogens is 357 g/mol. The Balaban J connectivity index is 1.64. The van der Waals surface area contributed by atoms with Crippen LogP contribution < -0.4 is 10.6 Å². The van der Waals surface area contributed by atoms with Gasteiger partial charge in [-0.25, -0.2) is 23.1 Å². The van der Waals surface area contributed by atoms with Gasteiger partial charge in [0.25, 0.3) is 5.91 Å². The fourth-order valence-corrected chi connectivity index (χ4v) is 2.37. The highest BCUT2D eigenvalue weighted by Crippen LogP contribution is 2.22. The summed E-state index contributed by atoms with van der Waals surface area (Å²) in [5.41, 5.74) is 0.836. The van der Waals surface area contributed by atoms with Crippen molar-refractivity contribution in [2.75, 3.05) is 11.9 Å². The number of aromatic nitrogens is 2. The van der Waals surface area contributed by atoms with E-state index in [0.717, 1.165) is 24.0 Å². The van der Waals surface area contributed by atoms with Crippen LogP contribution in [0.3, 0.4) is 0 Å². The summed E-state index contributed by atoms with van der Waals surface area (Å²) in [6.07, 6.45) is 1.77. The molecule has 3 rings (SSSR count). The molecule has 0 aliphatic heterocycles. The van der Waals surface area contributed by atoms with Gasteiger partial charge in [-0.2, -0.15) is 0 Å². The van der Waals surface area contributed by atoms with Crippen molar-refractivity contribution < 1.29 is 18.0 Å². The number of carbonyl (C=O) groups is 1. The zero-order chi connectivity index (χ0) is 19.2. The minimum absolute atomic E-state index is 0.0588. The van der Waals surface area contributed by atoms with Crippen LogP contribution in [0.1, 0.15) is 16.1 Å². The summed E-state index contributed by atoms with van der Waals surface area (Å²) < 4.78 is 40.0. The molecular formula is C19H15F3N4O. The third-order valence-corrected chi connectivity index (χ3v) is 3.74. The van der Waals surface area contributed by atoms with Crippen LogP contribution in [0, 0.1) is 17.5 Å². The normalized spacial score (nSPS) is 10.5. The van der Waals surface area contributed by atoms with E-state index in [1.54, 1.807) is 0 Å². The Labute approximate surface area is 153 Å². The van der Waals surface area contributed by atoms with E-state index in [4.69, 9.17) is 0 Å². The van der Waals surface area contributed by atoms with Crippen LogP contribution >= 0.6 is 0 Å². The number of hydrogen-bond donors (Lipinski definition) is 2. The molecule has 27 heavy (non-hydrogen) atoms. The van der Waals surface area contributed by atoms with Gasteiger partial charge in [-0.05, 0) is 24.1 Å². The Bertz CT molecular complexity index is 951. The smallest absolute Gasteiger partial charge is 0.270 e. The molecule has 1 heterocycles. The number of nitrogens with zero attached hydrogens (tertiary/aromatic N) is 2. The Morgan fingerprint density at radius 3 is 2.52 bits per heavy atom. The summed E-state index contributed by atoms with van der Waals surface area (Å²) >= 11 is 0. The summed E-state index contributed by atoms with van der Waals surface area (Å²) in [6, 6.07) is 12.8. The van der Waals surface area contributed by atoms with E-state index < -0.39 is 23.4 Å². The van der Waals surface area contributed by atoms with Crippen molar-refractivity contribution in [1.82, 2.24) is 15.3 Å². The van der Waals surface area contributed by atoms with Crippen molar-refractivity contribution in [2.45, 2.75) is 6.42 Å². The van der Waals surface area contributed by atoms with E-state index in [0.29, 0.717) is 13.0 Å². The standard InChI is InChI=1S/C19H15F3N4O/c20-13-6-7-14(18(22)17(13)21)26-16-10-15(24-11-25-16)19(27)23-9-8-12-4-2-1-3-5-12/h1-7,10-11H,8-9H2,(H,23,27)(H,24,25,26). The SMILES string of the molecule is O=C(NCCc1ccccc1)c1cc(Nc2ccc(F)c(F)c2F)ncn1. The first-order valence-corrected chi connectivity index (χ1v) is 8.09. The Morgan fingerprint density at radius 2 is 1.74 bits per heavy atom. The summed E-state index contributed by atoms with van der Waals surface area (Å²) in [5, 5.41) is 5.23. The number of benzene rings is 2. The highest BCUT2D eigenvalue weighted by Gasteiger charge is 2.15. The van der Waals surface area contributed by atoms with Crippen LogP contribution in [0.25, 0.3) is 0 Å². The van der Waals surface area contributed by atoms with Crippen LogP contribution in [-0.2, 0) is 6.42 Å². The number of halogens is 3. The van der Waals surface area contributed by atoms with Gasteiger partial charge in [0.05, 0.1) is 5.69 Å². The van der Waals surface area contributed by atoms with Gasteiger partial charge >= 0.3 is 0 Å². The maximum atomic E-state index is 13.7. The van der Waals surface area contributed by atoms with Gasteiger partial charge in [-0.1, -0.05) is 30.3 Å². The molecule has 2 N–H and O–H groups in total. The van der Waals surface area contributed by atoms with Crippen molar-refractivity contribution >= 4 is 17.4 Å². The monoisotopic (exact) mass is 372 g/mol. The van der Waals surface area contributed by atoms with Crippen LogP contribution in [0.2, 0.25) is 0 Å². The van der Waals surface area contributed by atoms with Crippen LogP contribution in [0.15, 0.2) is 54.9 Å². The largest absolute Gasteiger partial charge is 0.350 e. The molecule has 3 aromatic rings. The van der Waals surface area contributed by atoms with Gasteiger partial charge in [0.1, 0.15) is 17.8 Å². The summed E-state index contributed by atoms with van der Waals surface area (Å²) in [4.78, 5) is 19.9. The Kier molecular flexibility index (Phi) is 5.65. The van der Waals surface area contributed by atoms with E-state index in [-0.39, 0.29) is 17.2 Å². The van der Waals surface area contributed by atoms with E-state index in [1.807, 2.05) is 30.3 Å². The molecule has 1 aromatic heterocycles. The zero-order valence-electron chi connectivity index (χ0n) is 14.0. The average Bonchev–Trinajstić information content (AvgIpc) is 2.69. The van der Waals surface area contributed by atoms with Gasteiger partial charge in [0, 0.05) is 12.6 Å². The molecule has 0 fully saturated rings. The maximum absolute atomic E-state index is 13.7. The van der Waals surface area contributed by atoms with E-state index >= 15 is 0 Å². The second kappa shape index (κ2) is 8.31. The van der Waals surface area contributed by atoms with Gasteiger partial charge in [0.15, 0.2) is 17.5 Å². The predicted molar refractivity (Wildman–Crippen MR) is 94.1 cm³/mol. The molecule has 0 atom stereocenters. The van der Waals surface area contributed by atoms with Crippen molar-refractivity contribution in [3.8, 4) is 0 Å². The molecule has 5 nitrogen and oxygen atoms in total. The van der Waals surface area contributed by atoms with E-state index in [9.17, 15) is 18.0 Å². The molecule has 2 aromatic carbocycles. The zero-order valence-corrected chi connectivity index (χ0v) is 14.0. The molecule has 138 valence electrons. The topological polar surface area (TPSA) is 66.9 Å². The van der Waals surface area contributed by atoms with Gasteiger partial charge < -0.3 is 10.6 Å². The molecule has 0 bridgehead atoms. The average molecular weight is 372 g/mol. The third-order valence-electron chi connectivity index (χ3n) is 3.74. The number of rotatable bonds is 6. The fraction of sp³-hybridized carbons (Fsp3) is 0.105. The number of amides is 1. The summed E-state index contributed by atoms with van der Waals surface area (Å²) in [5.74, 6) is -4.61. The minimum Gasteiger partial charge on any atom is -0.350 e.